The molecule has 0 radical (unpaired) electrons. The summed E-state index contributed by atoms with van der Waals surface area (Å²) < 4.78 is 31.5. The highest BCUT2D eigenvalue weighted by molar-refractivity contribution is 5.99. The lowest BCUT2D eigenvalue weighted by Gasteiger charge is -2.22. The van der Waals surface area contributed by atoms with Gasteiger partial charge in [0.05, 0.1) is 16.6 Å². The molecule has 2 heterocycles. The molecule has 1 aliphatic carbocycles. The monoisotopic (exact) mass is 379 g/mol. The number of carboxylic acid groups (broad SMARTS) is 1. The zero-order chi connectivity index (χ0) is 19.5. The number of pyridine rings is 1. The number of nitrogens with two attached hydrogens (primary N) is 2. The van der Waals surface area contributed by atoms with Crippen LogP contribution in [0.15, 0.2) is 11.0 Å². The van der Waals surface area contributed by atoms with Crippen LogP contribution in [0.4, 0.5) is 20.2 Å². The Balaban J connectivity index is 1.97. The van der Waals surface area contributed by atoms with E-state index in [4.69, 9.17) is 11.5 Å². The van der Waals surface area contributed by atoms with E-state index in [9.17, 15) is 19.1 Å². The first-order chi connectivity index (χ1) is 12.8. The Morgan fingerprint density at radius 3 is 2.52 bits per heavy atom. The molecule has 2 aliphatic rings. The van der Waals surface area contributed by atoms with Crippen LogP contribution in [-0.4, -0.2) is 39.8 Å². The van der Waals surface area contributed by atoms with Crippen molar-refractivity contribution in [3.63, 3.8) is 0 Å². The van der Waals surface area contributed by atoms with E-state index in [1.165, 1.54) is 4.57 Å². The zero-order valence-corrected chi connectivity index (χ0v) is 14.3. The van der Waals surface area contributed by atoms with Crippen molar-refractivity contribution in [1.29, 1.82) is 0 Å². The molecule has 144 valence electrons. The normalized spacial score (nSPS) is 20.3. The first-order valence-electron chi connectivity index (χ1n) is 8.65. The van der Waals surface area contributed by atoms with Gasteiger partial charge in [0.15, 0.2) is 11.6 Å². The maximum Gasteiger partial charge on any atom is 0.341 e. The van der Waals surface area contributed by atoms with Crippen molar-refractivity contribution in [3.8, 4) is 0 Å². The predicted octanol–water partition coefficient (Wildman–Crippen LogP) is 1.25. The lowest BCUT2D eigenvalue weighted by atomic mass is 10.1. The highest BCUT2D eigenvalue weighted by Crippen LogP contribution is 2.40. The predicted molar refractivity (Wildman–Crippen MR) is 95.6 cm³/mol. The highest BCUT2D eigenvalue weighted by Gasteiger charge is 2.32. The lowest BCUT2D eigenvalue weighted by Crippen LogP contribution is -2.32. The van der Waals surface area contributed by atoms with Crippen LogP contribution in [0, 0.1) is 11.6 Å². The van der Waals surface area contributed by atoms with Gasteiger partial charge in [0.25, 0.3) is 0 Å². The van der Waals surface area contributed by atoms with Crippen molar-refractivity contribution in [2.45, 2.75) is 31.3 Å². The number of fused-ring (bicyclic) bond motifs is 1. The fourth-order valence-corrected chi connectivity index (χ4v) is 3.50. The number of aromatic nitrogens is 1. The Morgan fingerprint density at radius 1 is 1.26 bits per heavy atom. The van der Waals surface area contributed by atoms with Crippen LogP contribution in [-0.2, 0) is 0 Å². The summed E-state index contributed by atoms with van der Waals surface area (Å²) in [6, 6.07) is -0.261. The summed E-state index contributed by atoms with van der Waals surface area (Å²) in [5.74, 6) is -3.56. The summed E-state index contributed by atoms with van der Waals surface area (Å²) >= 11 is 0. The molecule has 0 amide bonds. The van der Waals surface area contributed by atoms with Gasteiger partial charge in [-0.1, -0.05) is 0 Å². The third kappa shape index (κ3) is 2.81. The van der Waals surface area contributed by atoms with Crippen molar-refractivity contribution < 1.29 is 18.7 Å². The van der Waals surface area contributed by atoms with Crippen LogP contribution in [0.1, 0.15) is 35.7 Å². The summed E-state index contributed by atoms with van der Waals surface area (Å²) in [4.78, 5) is 23.9. The summed E-state index contributed by atoms with van der Waals surface area (Å²) in [6.45, 7) is 0.912. The van der Waals surface area contributed by atoms with Crippen molar-refractivity contribution in [2.24, 2.45) is 5.73 Å². The van der Waals surface area contributed by atoms with E-state index < -0.39 is 45.4 Å². The Labute approximate surface area is 152 Å². The molecule has 0 spiro atoms. The maximum absolute atomic E-state index is 15.3. The van der Waals surface area contributed by atoms with E-state index in [1.807, 2.05) is 0 Å². The minimum atomic E-state index is -1.47. The van der Waals surface area contributed by atoms with Gasteiger partial charge in [-0.05, 0) is 19.3 Å². The second-order valence-electron chi connectivity index (χ2n) is 7.06. The van der Waals surface area contributed by atoms with E-state index in [2.05, 4.69) is 5.43 Å². The van der Waals surface area contributed by atoms with Gasteiger partial charge in [0.1, 0.15) is 11.3 Å². The molecule has 4 rings (SSSR count). The molecule has 1 saturated heterocycles. The number of carboxylic acids is 1. The zero-order valence-electron chi connectivity index (χ0n) is 14.3. The molecule has 2 fully saturated rings. The van der Waals surface area contributed by atoms with E-state index in [1.54, 1.807) is 5.01 Å². The summed E-state index contributed by atoms with van der Waals surface area (Å²) in [5, 5.41) is 10.4. The number of nitrogen functional groups attached to an aromatic ring is 1. The average Bonchev–Trinajstić information content (AvgIpc) is 3.38. The fourth-order valence-electron chi connectivity index (χ4n) is 3.50. The number of hydrazine groups is 1. The van der Waals surface area contributed by atoms with Gasteiger partial charge in [-0.3, -0.25) is 4.79 Å². The summed E-state index contributed by atoms with van der Waals surface area (Å²) in [5.41, 5.74) is 11.5. The van der Waals surface area contributed by atoms with Crippen molar-refractivity contribution in [2.75, 3.05) is 24.2 Å². The first kappa shape index (κ1) is 17.7. The fraction of sp³-hybridized carbons (Fsp3) is 0.412. The standard InChI is InChI=1S/C17H19F2N5O3/c18-11-13(21)10-15(12(19)14(11)22-23-4-3-7(20)5-23)24(8-1-2-8)6-9(16(10)25)17(26)27/h6-8,22H,1-5,20-21H2,(H,26,27). The highest BCUT2D eigenvalue weighted by atomic mass is 19.1. The van der Waals surface area contributed by atoms with Gasteiger partial charge >= 0.3 is 5.97 Å². The Hall–Kier alpha value is -2.72. The van der Waals surface area contributed by atoms with Crippen LogP contribution in [0.2, 0.25) is 0 Å². The van der Waals surface area contributed by atoms with Gasteiger partial charge < -0.3 is 26.6 Å². The number of halogens is 2. The molecular formula is C17H19F2N5O3. The van der Waals surface area contributed by atoms with Gasteiger partial charge in [-0.25, -0.2) is 18.6 Å². The largest absolute Gasteiger partial charge is 0.477 e. The molecule has 1 aliphatic heterocycles. The summed E-state index contributed by atoms with van der Waals surface area (Å²) in [7, 11) is 0. The Kier molecular flexibility index (Phi) is 4.04. The second-order valence-corrected chi connectivity index (χ2v) is 7.06. The Bertz CT molecular complexity index is 1020. The molecule has 1 saturated carbocycles. The number of hydrogen-bond donors (Lipinski definition) is 4. The van der Waals surface area contributed by atoms with Gasteiger partial charge in [0, 0.05) is 31.4 Å². The number of rotatable bonds is 4. The number of hydrogen-bond acceptors (Lipinski definition) is 6. The average molecular weight is 379 g/mol. The van der Waals surface area contributed by atoms with E-state index in [-0.39, 0.29) is 17.6 Å². The van der Waals surface area contributed by atoms with Crippen LogP contribution >= 0.6 is 0 Å². The van der Waals surface area contributed by atoms with Crippen LogP contribution in [0.5, 0.6) is 0 Å². The number of carbonyl (C=O) groups is 1. The topological polar surface area (TPSA) is 127 Å². The number of nitrogens with one attached hydrogen (secondary N) is 1. The van der Waals surface area contributed by atoms with E-state index in [0.29, 0.717) is 32.4 Å². The minimum Gasteiger partial charge on any atom is -0.477 e. The Morgan fingerprint density at radius 2 is 1.96 bits per heavy atom. The molecule has 6 N–H and O–H groups in total. The number of aromatic carboxylic acids is 1. The van der Waals surface area contributed by atoms with Crippen molar-refractivity contribution >= 4 is 28.2 Å². The molecule has 1 unspecified atom stereocenters. The van der Waals surface area contributed by atoms with Crippen LogP contribution in [0.3, 0.4) is 0 Å². The maximum atomic E-state index is 15.3. The number of anilines is 2. The SMILES string of the molecule is Nc1c(F)c(NN2CCC(N)C2)c(F)c2c1c(=O)c(C(=O)O)cn2C1CC1. The quantitative estimate of drug-likeness (QED) is 0.589. The third-order valence-corrected chi connectivity index (χ3v) is 5.05. The van der Waals surface area contributed by atoms with Crippen molar-refractivity contribution in [1.82, 2.24) is 9.58 Å². The summed E-state index contributed by atoms with van der Waals surface area (Å²) in [6.07, 6.45) is 3.20. The van der Waals surface area contributed by atoms with Crippen LogP contribution < -0.4 is 22.3 Å². The van der Waals surface area contributed by atoms with E-state index >= 15 is 4.39 Å². The minimum absolute atomic E-state index is 0.107. The lowest BCUT2D eigenvalue weighted by molar-refractivity contribution is 0.0695. The molecule has 8 nitrogen and oxygen atoms in total. The molecule has 27 heavy (non-hydrogen) atoms. The molecule has 1 aromatic carbocycles. The van der Waals surface area contributed by atoms with Gasteiger partial charge in [-0.15, -0.1) is 0 Å². The molecule has 1 atom stereocenters. The number of nitrogens with zero attached hydrogens (tertiary/aromatic N) is 2. The molecule has 2 aromatic rings. The second kappa shape index (κ2) is 6.17. The molecule has 0 bridgehead atoms. The molecular weight excluding hydrogens is 360 g/mol. The third-order valence-electron chi connectivity index (χ3n) is 5.05. The van der Waals surface area contributed by atoms with Crippen LogP contribution in [0.25, 0.3) is 10.9 Å². The first-order valence-corrected chi connectivity index (χ1v) is 8.65. The van der Waals surface area contributed by atoms with E-state index in [0.717, 1.165) is 6.20 Å². The van der Waals surface area contributed by atoms with Gasteiger partial charge in [0.2, 0.25) is 5.43 Å². The molecule has 1 aromatic heterocycles. The molecule has 10 heteroatoms. The van der Waals surface area contributed by atoms with Crippen molar-refractivity contribution in [3.05, 3.63) is 33.6 Å². The van der Waals surface area contributed by atoms with Gasteiger partial charge in [-0.2, -0.15) is 0 Å². The smallest absolute Gasteiger partial charge is 0.341 e. The number of benzene rings is 1.